The van der Waals surface area contributed by atoms with Crippen LogP contribution in [0.15, 0.2) is 35.1 Å². The number of pyridine rings is 1. The lowest BCUT2D eigenvalue weighted by Crippen LogP contribution is -2.41. The third-order valence-electron chi connectivity index (χ3n) is 3.48. The zero-order valence-corrected chi connectivity index (χ0v) is 13.5. The molecular formula is C16H20N4O3. The third-order valence-corrected chi connectivity index (χ3v) is 3.48. The average Bonchev–Trinajstić information content (AvgIpc) is 2.96. The van der Waals surface area contributed by atoms with Crippen LogP contribution in [0.5, 0.6) is 0 Å². The van der Waals surface area contributed by atoms with Gasteiger partial charge in [-0.15, -0.1) is 0 Å². The first-order valence-corrected chi connectivity index (χ1v) is 7.31. The molecule has 0 bridgehead atoms. The molecule has 0 aromatic carbocycles. The fourth-order valence-corrected chi connectivity index (χ4v) is 2.06. The minimum absolute atomic E-state index is 0.0614. The van der Waals surface area contributed by atoms with E-state index in [1.165, 1.54) is 11.8 Å². The molecule has 0 radical (unpaired) electrons. The van der Waals surface area contributed by atoms with Crippen LogP contribution >= 0.6 is 0 Å². The van der Waals surface area contributed by atoms with E-state index in [9.17, 15) is 9.59 Å². The predicted molar refractivity (Wildman–Crippen MR) is 84.8 cm³/mol. The minimum atomic E-state index is -0.255. The molecule has 122 valence electrons. The lowest BCUT2D eigenvalue weighted by Gasteiger charge is -2.22. The summed E-state index contributed by atoms with van der Waals surface area (Å²) >= 11 is 0. The fourth-order valence-electron chi connectivity index (χ4n) is 2.06. The summed E-state index contributed by atoms with van der Waals surface area (Å²) in [6.07, 6.45) is 4.18. The van der Waals surface area contributed by atoms with Crippen LogP contribution in [0.1, 0.15) is 18.2 Å². The summed E-state index contributed by atoms with van der Waals surface area (Å²) in [7, 11) is 1.72. The SMILES string of the molecule is CC(=O)N(CC(=O)N(C)CCc1ccncc1)c1cc(C)on1. The summed E-state index contributed by atoms with van der Waals surface area (Å²) in [6, 6.07) is 5.46. The number of aromatic nitrogens is 2. The standard InChI is InChI=1S/C16H20N4O3/c1-12-10-15(18-23-12)20(13(2)21)11-16(22)19(3)9-6-14-4-7-17-8-5-14/h4-5,7-8,10H,6,9,11H2,1-3H3. The zero-order valence-electron chi connectivity index (χ0n) is 13.5. The zero-order chi connectivity index (χ0) is 16.8. The molecule has 0 saturated heterocycles. The summed E-state index contributed by atoms with van der Waals surface area (Å²) in [6.45, 7) is 3.63. The molecule has 23 heavy (non-hydrogen) atoms. The second-order valence-corrected chi connectivity index (χ2v) is 5.32. The number of carbonyl (C=O) groups is 2. The van der Waals surface area contributed by atoms with Gasteiger partial charge in [-0.1, -0.05) is 5.16 Å². The molecule has 0 saturated carbocycles. The molecule has 2 heterocycles. The molecule has 2 amide bonds. The van der Waals surface area contributed by atoms with Crippen molar-refractivity contribution in [3.05, 3.63) is 41.9 Å². The molecule has 2 aromatic rings. The van der Waals surface area contributed by atoms with Gasteiger partial charge < -0.3 is 9.42 Å². The Morgan fingerprint density at radius 1 is 1.26 bits per heavy atom. The molecule has 0 fully saturated rings. The van der Waals surface area contributed by atoms with Gasteiger partial charge in [-0.3, -0.25) is 19.5 Å². The molecule has 0 N–H and O–H groups in total. The largest absolute Gasteiger partial charge is 0.360 e. The van der Waals surface area contributed by atoms with E-state index in [1.807, 2.05) is 12.1 Å². The maximum atomic E-state index is 12.3. The Balaban J connectivity index is 1.94. The molecule has 0 aliphatic carbocycles. The maximum absolute atomic E-state index is 12.3. The minimum Gasteiger partial charge on any atom is -0.360 e. The summed E-state index contributed by atoms with van der Waals surface area (Å²) < 4.78 is 4.97. The first kappa shape index (κ1) is 16.7. The van der Waals surface area contributed by atoms with Gasteiger partial charge in [0.2, 0.25) is 11.8 Å². The topological polar surface area (TPSA) is 79.5 Å². The van der Waals surface area contributed by atoms with Crippen molar-refractivity contribution < 1.29 is 14.1 Å². The maximum Gasteiger partial charge on any atom is 0.242 e. The van der Waals surface area contributed by atoms with Crippen LogP contribution < -0.4 is 4.90 Å². The second kappa shape index (κ2) is 7.53. The van der Waals surface area contributed by atoms with Crippen LogP contribution in [0.3, 0.4) is 0 Å². The number of rotatable bonds is 6. The highest BCUT2D eigenvalue weighted by molar-refractivity contribution is 5.96. The Labute approximate surface area is 134 Å². The Morgan fingerprint density at radius 3 is 2.52 bits per heavy atom. The lowest BCUT2D eigenvalue weighted by atomic mass is 10.2. The van der Waals surface area contributed by atoms with Crippen molar-refractivity contribution in [3.8, 4) is 0 Å². The van der Waals surface area contributed by atoms with Crippen LogP contribution in [-0.4, -0.2) is 47.0 Å². The number of amides is 2. The number of aryl methyl sites for hydroxylation is 1. The molecular weight excluding hydrogens is 296 g/mol. The van der Waals surface area contributed by atoms with E-state index in [0.717, 1.165) is 12.0 Å². The first-order chi connectivity index (χ1) is 11.0. The molecule has 2 aromatic heterocycles. The number of likely N-dealkylation sites (N-methyl/N-ethyl adjacent to an activating group) is 1. The molecule has 0 atom stereocenters. The molecule has 0 aliphatic heterocycles. The number of anilines is 1. The Kier molecular flexibility index (Phi) is 5.46. The summed E-state index contributed by atoms with van der Waals surface area (Å²) in [5.74, 6) is 0.528. The van der Waals surface area contributed by atoms with Crippen molar-refractivity contribution in [2.75, 3.05) is 25.0 Å². The van der Waals surface area contributed by atoms with E-state index in [1.54, 1.807) is 37.3 Å². The van der Waals surface area contributed by atoms with Gasteiger partial charge in [0.25, 0.3) is 0 Å². The van der Waals surface area contributed by atoms with E-state index in [4.69, 9.17) is 4.52 Å². The fraction of sp³-hybridized carbons (Fsp3) is 0.375. The van der Waals surface area contributed by atoms with Gasteiger partial charge in [0.15, 0.2) is 5.82 Å². The normalized spacial score (nSPS) is 10.4. The van der Waals surface area contributed by atoms with E-state index >= 15 is 0 Å². The molecule has 0 aliphatic rings. The molecule has 0 spiro atoms. The number of hydrogen-bond donors (Lipinski definition) is 0. The van der Waals surface area contributed by atoms with Crippen molar-refractivity contribution in [1.29, 1.82) is 0 Å². The highest BCUT2D eigenvalue weighted by Crippen LogP contribution is 2.14. The van der Waals surface area contributed by atoms with Gasteiger partial charge in [0, 0.05) is 39.0 Å². The van der Waals surface area contributed by atoms with Gasteiger partial charge in [-0.05, 0) is 31.0 Å². The van der Waals surface area contributed by atoms with Crippen LogP contribution in [0.4, 0.5) is 5.82 Å². The van der Waals surface area contributed by atoms with E-state index in [-0.39, 0.29) is 18.4 Å². The predicted octanol–water partition coefficient (Wildman–Crippen LogP) is 1.43. The highest BCUT2D eigenvalue weighted by atomic mass is 16.5. The molecule has 0 unspecified atom stereocenters. The van der Waals surface area contributed by atoms with E-state index in [0.29, 0.717) is 18.1 Å². The molecule has 7 nitrogen and oxygen atoms in total. The lowest BCUT2D eigenvalue weighted by molar-refractivity contribution is -0.130. The molecule has 2 rings (SSSR count). The van der Waals surface area contributed by atoms with Gasteiger partial charge in [0.05, 0.1) is 0 Å². The molecule has 7 heteroatoms. The van der Waals surface area contributed by atoms with Gasteiger partial charge in [-0.2, -0.15) is 0 Å². The van der Waals surface area contributed by atoms with Crippen molar-refractivity contribution in [1.82, 2.24) is 15.0 Å². The summed E-state index contributed by atoms with van der Waals surface area (Å²) in [5.41, 5.74) is 1.11. The Bertz CT molecular complexity index is 669. The summed E-state index contributed by atoms with van der Waals surface area (Å²) in [5, 5.41) is 3.80. The van der Waals surface area contributed by atoms with Crippen LogP contribution in [-0.2, 0) is 16.0 Å². The van der Waals surface area contributed by atoms with Crippen molar-refractivity contribution >= 4 is 17.6 Å². The van der Waals surface area contributed by atoms with Gasteiger partial charge >= 0.3 is 0 Å². The first-order valence-electron chi connectivity index (χ1n) is 7.31. The smallest absolute Gasteiger partial charge is 0.242 e. The number of nitrogens with zero attached hydrogens (tertiary/aromatic N) is 4. The van der Waals surface area contributed by atoms with E-state index in [2.05, 4.69) is 10.1 Å². The number of carbonyl (C=O) groups excluding carboxylic acids is 2. The number of hydrogen-bond acceptors (Lipinski definition) is 5. The van der Waals surface area contributed by atoms with Crippen LogP contribution in [0.25, 0.3) is 0 Å². The Morgan fingerprint density at radius 2 is 1.96 bits per heavy atom. The van der Waals surface area contributed by atoms with Gasteiger partial charge in [0.1, 0.15) is 12.3 Å². The quantitative estimate of drug-likeness (QED) is 0.805. The van der Waals surface area contributed by atoms with E-state index < -0.39 is 0 Å². The van der Waals surface area contributed by atoms with Crippen LogP contribution in [0.2, 0.25) is 0 Å². The van der Waals surface area contributed by atoms with Crippen molar-refractivity contribution in [2.24, 2.45) is 0 Å². The van der Waals surface area contributed by atoms with Crippen LogP contribution in [0, 0.1) is 6.92 Å². The van der Waals surface area contributed by atoms with Crippen molar-refractivity contribution in [3.63, 3.8) is 0 Å². The average molecular weight is 316 g/mol. The summed E-state index contributed by atoms with van der Waals surface area (Å²) in [4.78, 5) is 30.9. The van der Waals surface area contributed by atoms with Crippen molar-refractivity contribution in [2.45, 2.75) is 20.3 Å². The monoisotopic (exact) mass is 316 g/mol. The highest BCUT2D eigenvalue weighted by Gasteiger charge is 2.21. The third kappa shape index (κ3) is 4.64. The second-order valence-electron chi connectivity index (χ2n) is 5.32. The Hall–Kier alpha value is -2.70. The van der Waals surface area contributed by atoms with Gasteiger partial charge in [-0.25, -0.2) is 0 Å².